The summed E-state index contributed by atoms with van der Waals surface area (Å²) in [5, 5.41) is 0.377. The monoisotopic (exact) mass is 280 g/mol. The van der Waals surface area contributed by atoms with Crippen molar-refractivity contribution in [3.8, 4) is 0 Å². The standard InChI is InChI=1S/C12H13ClN4O2/c13-10-11(14)15-7-16-12(10)17-3-5-19-9(6-17)8-2-1-4-18-8/h1-2,4,7,9H,3,5-6H2,(H2,14,15,16)/t9-/m0/s1. The Morgan fingerprint density at radius 2 is 2.32 bits per heavy atom. The summed E-state index contributed by atoms with van der Waals surface area (Å²) in [5.74, 6) is 1.71. The molecule has 0 radical (unpaired) electrons. The highest BCUT2D eigenvalue weighted by molar-refractivity contribution is 6.35. The number of morpholine rings is 1. The van der Waals surface area contributed by atoms with E-state index in [1.165, 1.54) is 6.33 Å². The smallest absolute Gasteiger partial charge is 0.153 e. The summed E-state index contributed by atoms with van der Waals surface area (Å²) in [4.78, 5) is 10.1. The molecule has 0 unspecified atom stereocenters. The molecule has 3 heterocycles. The Balaban J connectivity index is 1.84. The fraction of sp³-hybridized carbons (Fsp3) is 0.333. The number of nitrogens with zero attached hydrogens (tertiary/aromatic N) is 3. The number of furan rings is 1. The predicted molar refractivity (Wildman–Crippen MR) is 71.1 cm³/mol. The third-order valence-electron chi connectivity index (χ3n) is 3.02. The number of nitrogen functional groups attached to an aromatic ring is 1. The van der Waals surface area contributed by atoms with E-state index >= 15 is 0 Å². The van der Waals surface area contributed by atoms with Crippen molar-refractivity contribution >= 4 is 23.2 Å². The molecular weight excluding hydrogens is 268 g/mol. The minimum absolute atomic E-state index is 0.129. The minimum atomic E-state index is -0.129. The first-order valence-electron chi connectivity index (χ1n) is 5.91. The average molecular weight is 281 g/mol. The number of halogens is 1. The van der Waals surface area contributed by atoms with Crippen LogP contribution in [0.25, 0.3) is 0 Å². The van der Waals surface area contributed by atoms with Gasteiger partial charge in [-0.05, 0) is 12.1 Å². The second kappa shape index (κ2) is 5.07. The molecule has 0 aliphatic carbocycles. The van der Waals surface area contributed by atoms with Gasteiger partial charge in [0.1, 0.15) is 29.0 Å². The fourth-order valence-electron chi connectivity index (χ4n) is 2.08. The molecule has 100 valence electrons. The van der Waals surface area contributed by atoms with Crippen molar-refractivity contribution in [3.63, 3.8) is 0 Å². The fourth-order valence-corrected chi connectivity index (χ4v) is 2.30. The molecule has 19 heavy (non-hydrogen) atoms. The van der Waals surface area contributed by atoms with Gasteiger partial charge in [0.15, 0.2) is 5.82 Å². The summed E-state index contributed by atoms with van der Waals surface area (Å²) >= 11 is 6.14. The lowest BCUT2D eigenvalue weighted by molar-refractivity contribution is 0.0255. The Hall–Kier alpha value is -1.79. The number of aromatic nitrogens is 2. The zero-order valence-corrected chi connectivity index (χ0v) is 10.9. The van der Waals surface area contributed by atoms with E-state index in [1.807, 2.05) is 17.0 Å². The van der Waals surface area contributed by atoms with Crippen molar-refractivity contribution in [2.75, 3.05) is 30.3 Å². The molecule has 1 saturated heterocycles. The molecule has 0 aromatic carbocycles. The molecule has 0 saturated carbocycles. The molecule has 0 spiro atoms. The SMILES string of the molecule is Nc1ncnc(N2CCO[C@H](c3ccco3)C2)c1Cl. The van der Waals surface area contributed by atoms with Crippen LogP contribution >= 0.6 is 11.6 Å². The molecule has 0 bridgehead atoms. The van der Waals surface area contributed by atoms with Gasteiger partial charge < -0.3 is 19.8 Å². The van der Waals surface area contributed by atoms with Crippen LogP contribution in [0.15, 0.2) is 29.1 Å². The predicted octanol–water partition coefficient (Wildman–Crippen LogP) is 1.88. The molecule has 2 aromatic rings. The Morgan fingerprint density at radius 1 is 1.42 bits per heavy atom. The van der Waals surface area contributed by atoms with Crippen LogP contribution in [0.2, 0.25) is 5.02 Å². The van der Waals surface area contributed by atoms with Gasteiger partial charge in [-0.15, -0.1) is 0 Å². The van der Waals surface area contributed by atoms with Crippen LogP contribution in [-0.4, -0.2) is 29.7 Å². The van der Waals surface area contributed by atoms with Crippen molar-refractivity contribution < 1.29 is 9.15 Å². The maximum absolute atomic E-state index is 6.14. The van der Waals surface area contributed by atoms with E-state index in [4.69, 9.17) is 26.5 Å². The lowest BCUT2D eigenvalue weighted by Gasteiger charge is -2.33. The Bertz CT molecular complexity index is 561. The number of anilines is 2. The van der Waals surface area contributed by atoms with E-state index in [0.29, 0.717) is 30.5 Å². The van der Waals surface area contributed by atoms with Crippen LogP contribution in [0.1, 0.15) is 11.9 Å². The largest absolute Gasteiger partial charge is 0.467 e. The summed E-state index contributed by atoms with van der Waals surface area (Å²) in [6, 6.07) is 3.73. The first kappa shape index (κ1) is 12.3. The van der Waals surface area contributed by atoms with Crippen molar-refractivity contribution in [2.45, 2.75) is 6.10 Å². The van der Waals surface area contributed by atoms with E-state index in [9.17, 15) is 0 Å². The maximum atomic E-state index is 6.14. The molecular formula is C12H13ClN4O2. The highest BCUT2D eigenvalue weighted by Gasteiger charge is 2.26. The molecule has 7 heteroatoms. The summed E-state index contributed by atoms with van der Waals surface area (Å²) in [5.41, 5.74) is 5.70. The molecule has 6 nitrogen and oxygen atoms in total. The van der Waals surface area contributed by atoms with Crippen molar-refractivity contribution in [2.24, 2.45) is 0 Å². The summed E-state index contributed by atoms with van der Waals surface area (Å²) in [6.45, 7) is 1.89. The molecule has 0 amide bonds. The second-order valence-corrected chi connectivity index (χ2v) is 4.60. The molecule has 1 aliphatic heterocycles. The number of hydrogen-bond acceptors (Lipinski definition) is 6. The van der Waals surface area contributed by atoms with E-state index in [-0.39, 0.29) is 11.9 Å². The molecule has 1 aliphatic rings. The van der Waals surface area contributed by atoms with Gasteiger partial charge in [0.05, 0.1) is 19.4 Å². The van der Waals surface area contributed by atoms with Gasteiger partial charge in [-0.3, -0.25) is 0 Å². The first-order chi connectivity index (χ1) is 9.25. The normalized spacial score (nSPS) is 19.6. The van der Waals surface area contributed by atoms with Crippen molar-refractivity contribution in [1.82, 2.24) is 9.97 Å². The Morgan fingerprint density at radius 3 is 3.11 bits per heavy atom. The van der Waals surface area contributed by atoms with Gasteiger partial charge in [0.25, 0.3) is 0 Å². The first-order valence-corrected chi connectivity index (χ1v) is 6.29. The van der Waals surface area contributed by atoms with Crippen LogP contribution in [0.5, 0.6) is 0 Å². The molecule has 2 N–H and O–H groups in total. The van der Waals surface area contributed by atoms with Gasteiger partial charge in [-0.2, -0.15) is 0 Å². The van der Waals surface area contributed by atoms with Crippen LogP contribution in [0, 0.1) is 0 Å². The van der Waals surface area contributed by atoms with E-state index in [2.05, 4.69) is 9.97 Å². The van der Waals surface area contributed by atoms with Gasteiger partial charge in [-0.1, -0.05) is 11.6 Å². The molecule has 2 aromatic heterocycles. The third kappa shape index (κ3) is 2.36. The van der Waals surface area contributed by atoms with E-state index < -0.39 is 0 Å². The minimum Gasteiger partial charge on any atom is -0.467 e. The summed E-state index contributed by atoms with van der Waals surface area (Å²) in [7, 11) is 0. The van der Waals surface area contributed by atoms with Gasteiger partial charge >= 0.3 is 0 Å². The quantitative estimate of drug-likeness (QED) is 0.905. The van der Waals surface area contributed by atoms with Gasteiger partial charge in [0, 0.05) is 6.54 Å². The zero-order chi connectivity index (χ0) is 13.2. The molecule has 3 rings (SSSR count). The Labute approximate surface area is 115 Å². The summed E-state index contributed by atoms with van der Waals surface area (Å²) < 4.78 is 11.1. The van der Waals surface area contributed by atoms with E-state index in [1.54, 1.807) is 6.26 Å². The van der Waals surface area contributed by atoms with Crippen LogP contribution in [0.3, 0.4) is 0 Å². The maximum Gasteiger partial charge on any atom is 0.153 e. The number of rotatable bonds is 2. The highest BCUT2D eigenvalue weighted by Crippen LogP contribution is 2.31. The average Bonchev–Trinajstić information content (AvgIpc) is 2.96. The lowest BCUT2D eigenvalue weighted by Crippen LogP contribution is -2.39. The molecule has 1 atom stereocenters. The van der Waals surface area contributed by atoms with Crippen LogP contribution in [-0.2, 0) is 4.74 Å². The molecule has 1 fully saturated rings. The number of hydrogen-bond donors (Lipinski definition) is 1. The topological polar surface area (TPSA) is 77.4 Å². The lowest BCUT2D eigenvalue weighted by atomic mass is 10.2. The van der Waals surface area contributed by atoms with Crippen LogP contribution in [0.4, 0.5) is 11.6 Å². The third-order valence-corrected chi connectivity index (χ3v) is 3.39. The van der Waals surface area contributed by atoms with E-state index in [0.717, 1.165) is 5.76 Å². The van der Waals surface area contributed by atoms with Gasteiger partial charge in [0.2, 0.25) is 0 Å². The Kier molecular flexibility index (Phi) is 3.27. The number of ether oxygens (including phenoxy) is 1. The number of nitrogens with two attached hydrogens (primary N) is 1. The zero-order valence-electron chi connectivity index (χ0n) is 10.1. The van der Waals surface area contributed by atoms with Gasteiger partial charge in [-0.25, -0.2) is 9.97 Å². The second-order valence-electron chi connectivity index (χ2n) is 4.22. The van der Waals surface area contributed by atoms with Crippen molar-refractivity contribution in [1.29, 1.82) is 0 Å². The summed E-state index contributed by atoms with van der Waals surface area (Å²) in [6.07, 6.45) is 2.91. The van der Waals surface area contributed by atoms with Crippen LogP contribution < -0.4 is 10.6 Å². The highest BCUT2D eigenvalue weighted by atomic mass is 35.5. The van der Waals surface area contributed by atoms with Crippen molar-refractivity contribution in [3.05, 3.63) is 35.5 Å².